The Morgan fingerprint density at radius 1 is 1.06 bits per heavy atom. The number of carbonyl (C=O) groups excluding carboxylic acids is 2. The maximum absolute atomic E-state index is 13.4. The van der Waals surface area contributed by atoms with Crippen LogP contribution in [0.3, 0.4) is 0 Å². The number of hydrogen-bond acceptors (Lipinski definition) is 5. The number of benzene rings is 2. The van der Waals surface area contributed by atoms with E-state index in [9.17, 15) is 14.7 Å². The molecule has 0 bridgehead atoms. The maximum atomic E-state index is 13.4. The van der Waals surface area contributed by atoms with Crippen LogP contribution < -0.4 is 9.47 Å². The van der Waals surface area contributed by atoms with E-state index in [0.717, 1.165) is 41.7 Å². The molecule has 1 unspecified atom stereocenters. The third kappa shape index (κ3) is 5.58. The molecular weight excluding hydrogens is 454 g/mol. The molecule has 2 aromatic rings. The summed E-state index contributed by atoms with van der Waals surface area (Å²) in [6, 6.07) is 10.5. The number of ketones is 1. The summed E-state index contributed by atoms with van der Waals surface area (Å²) in [6.07, 6.45) is 2.77. The third-order valence-electron chi connectivity index (χ3n) is 6.56. The van der Waals surface area contributed by atoms with Crippen LogP contribution in [0.25, 0.3) is 5.76 Å². The van der Waals surface area contributed by atoms with Crippen molar-refractivity contribution in [3.63, 3.8) is 0 Å². The van der Waals surface area contributed by atoms with Crippen molar-refractivity contribution in [3.8, 4) is 11.5 Å². The lowest BCUT2D eigenvalue weighted by atomic mass is 9.91. The number of Topliss-reactive ketones (excluding diaryl/α,β-unsaturated/α-hetero) is 1. The van der Waals surface area contributed by atoms with Crippen LogP contribution in [0.1, 0.15) is 88.1 Å². The Balaban J connectivity index is 2.17. The van der Waals surface area contributed by atoms with Crippen molar-refractivity contribution in [2.24, 2.45) is 0 Å². The van der Waals surface area contributed by atoms with E-state index < -0.39 is 17.7 Å². The first-order chi connectivity index (χ1) is 17.1. The van der Waals surface area contributed by atoms with Gasteiger partial charge in [-0.3, -0.25) is 9.59 Å². The van der Waals surface area contributed by atoms with Gasteiger partial charge in [-0.15, -0.1) is 0 Å². The average molecular weight is 494 g/mol. The summed E-state index contributed by atoms with van der Waals surface area (Å²) in [5.74, 6) is 0.211. The number of aryl methyl sites for hydroxylation is 1. The number of likely N-dealkylation sites (tertiary alicyclic amines) is 1. The van der Waals surface area contributed by atoms with Crippen LogP contribution in [0.4, 0.5) is 0 Å². The maximum Gasteiger partial charge on any atom is 0.295 e. The lowest BCUT2D eigenvalue weighted by Gasteiger charge is -2.26. The van der Waals surface area contributed by atoms with Crippen molar-refractivity contribution in [3.05, 3.63) is 64.2 Å². The Hall–Kier alpha value is -3.28. The topological polar surface area (TPSA) is 76.1 Å². The average Bonchev–Trinajstić information content (AvgIpc) is 3.08. The molecule has 36 heavy (non-hydrogen) atoms. The zero-order valence-corrected chi connectivity index (χ0v) is 22.6. The lowest BCUT2D eigenvalue weighted by molar-refractivity contribution is -0.139. The fraction of sp³-hybridized carbons (Fsp3) is 0.467. The van der Waals surface area contributed by atoms with Gasteiger partial charge in [0.15, 0.2) is 0 Å². The minimum absolute atomic E-state index is 0.0312. The van der Waals surface area contributed by atoms with Crippen LogP contribution >= 0.6 is 0 Å². The molecule has 1 N–H and O–H groups in total. The first kappa shape index (κ1) is 27.3. The molecule has 1 saturated heterocycles. The Morgan fingerprint density at radius 2 is 1.72 bits per heavy atom. The standard InChI is InChI=1S/C30H39NO5/c1-8-9-10-15-31-27(21-11-13-22(14-12-21)36-19(4)5)26(29(33)30(31)34)28(32)24-17-23(18(2)3)25(35-7)16-20(24)6/h11-14,16-19,27,32H,8-10,15H2,1-7H3/b28-26+. The largest absolute Gasteiger partial charge is 0.507 e. The Labute approximate surface area is 214 Å². The predicted molar refractivity (Wildman–Crippen MR) is 143 cm³/mol. The second-order valence-electron chi connectivity index (χ2n) is 10.00. The Kier molecular flexibility index (Phi) is 8.83. The molecule has 194 valence electrons. The van der Waals surface area contributed by atoms with E-state index in [2.05, 4.69) is 6.92 Å². The summed E-state index contributed by atoms with van der Waals surface area (Å²) < 4.78 is 11.3. The van der Waals surface area contributed by atoms with Crippen molar-refractivity contribution < 1.29 is 24.2 Å². The highest BCUT2D eigenvalue weighted by Crippen LogP contribution is 2.41. The Morgan fingerprint density at radius 3 is 2.28 bits per heavy atom. The molecule has 0 aromatic heterocycles. The SMILES string of the molecule is CCCCCN1C(=O)C(=O)/C(=C(/O)c2cc(C(C)C)c(OC)cc2C)C1c1ccc(OC(C)C)cc1. The zero-order valence-electron chi connectivity index (χ0n) is 22.6. The molecule has 0 spiro atoms. The Bertz CT molecular complexity index is 1130. The number of amides is 1. The quantitative estimate of drug-likeness (QED) is 0.176. The van der Waals surface area contributed by atoms with Crippen LogP contribution in [0.5, 0.6) is 11.5 Å². The number of nitrogens with zero attached hydrogens (tertiary/aromatic N) is 1. The van der Waals surface area contributed by atoms with Gasteiger partial charge < -0.3 is 19.5 Å². The minimum atomic E-state index is -0.668. The number of hydrogen-bond donors (Lipinski definition) is 1. The highest BCUT2D eigenvalue weighted by Gasteiger charge is 2.46. The highest BCUT2D eigenvalue weighted by atomic mass is 16.5. The van der Waals surface area contributed by atoms with Gasteiger partial charge in [0.2, 0.25) is 0 Å². The van der Waals surface area contributed by atoms with E-state index in [1.165, 1.54) is 0 Å². The summed E-state index contributed by atoms with van der Waals surface area (Å²) in [5, 5.41) is 11.6. The molecule has 3 rings (SSSR count). The fourth-order valence-electron chi connectivity index (χ4n) is 4.72. The molecule has 1 aliphatic rings. The molecule has 0 saturated carbocycles. The van der Waals surface area contributed by atoms with Crippen LogP contribution in [-0.2, 0) is 9.59 Å². The molecule has 1 aliphatic heterocycles. The summed E-state index contributed by atoms with van der Waals surface area (Å²) in [5.41, 5.74) is 3.12. The summed E-state index contributed by atoms with van der Waals surface area (Å²) in [4.78, 5) is 28.1. The molecule has 1 atom stereocenters. The first-order valence-electron chi connectivity index (χ1n) is 12.8. The van der Waals surface area contributed by atoms with Crippen molar-refractivity contribution in [2.75, 3.05) is 13.7 Å². The van der Waals surface area contributed by atoms with Gasteiger partial charge in [-0.2, -0.15) is 0 Å². The van der Waals surface area contributed by atoms with Crippen molar-refractivity contribution in [1.29, 1.82) is 0 Å². The van der Waals surface area contributed by atoms with Crippen molar-refractivity contribution in [1.82, 2.24) is 4.90 Å². The van der Waals surface area contributed by atoms with Gasteiger partial charge in [0.1, 0.15) is 17.3 Å². The van der Waals surface area contributed by atoms with Gasteiger partial charge >= 0.3 is 0 Å². The molecule has 1 amide bonds. The second-order valence-corrected chi connectivity index (χ2v) is 10.00. The molecule has 1 fully saturated rings. The monoisotopic (exact) mass is 493 g/mol. The zero-order chi connectivity index (χ0) is 26.6. The van der Waals surface area contributed by atoms with Crippen LogP contribution in [0.15, 0.2) is 42.0 Å². The van der Waals surface area contributed by atoms with Crippen LogP contribution in [0.2, 0.25) is 0 Å². The number of methoxy groups -OCH3 is 1. The molecule has 2 aromatic carbocycles. The molecule has 0 aliphatic carbocycles. The predicted octanol–water partition coefficient (Wildman–Crippen LogP) is 6.53. The number of ether oxygens (including phenoxy) is 2. The van der Waals surface area contributed by atoms with E-state index in [4.69, 9.17) is 9.47 Å². The van der Waals surface area contributed by atoms with E-state index in [1.54, 1.807) is 12.0 Å². The molecule has 6 nitrogen and oxygen atoms in total. The number of aliphatic hydroxyl groups is 1. The van der Waals surface area contributed by atoms with Gasteiger partial charge in [-0.05, 0) is 74.1 Å². The smallest absolute Gasteiger partial charge is 0.295 e. The number of aliphatic hydroxyl groups excluding tert-OH is 1. The number of carbonyl (C=O) groups is 2. The first-order valence-corrected chi connectivity index (χ1v) is 12.8. The lowest BCUT2D eigenvalue weighted by Crippen LogP contribution is -2.30. The fourth-order valence-corrected chi connectivity index (χ4v) is 4.72. The van der Waals surface area contributed by atoms with Gasteiger partial charge in [-0.25, -0.2) is 0 Å². The van der Waals surface area contributed by atoms with Gasteiger partial charge in [-0.1, -0.05) is 45.7 Å². The van der Waals surface area contributed by atoms with E-state index >= 15 is 0 Å². The number of unbranched alkanes of at least 4 members (excludes halogenated alkanes) is 2. The minimum Gasteiger partial charge on any atom is -0.507 e. The second kappa shape index (κ2) is 11.6. The van der Waals surface area contributed by atoms with Crippen molar-refractivity contribution in [2.45, 2.75) is 78.9 Å². The van der Waals surface area contributed by atoms with E-state index in [1.807, 2.05) is 71.0 Å². The van der Waals surface area contributed by atoms with Gasteiger partial charge in [0.25, 0.3) is 11.7 Å². The summed E-state index contributed by atoms with van der Waals surface area (Å²) in [7, 11) is 1.62. The van der Waals surface area contributed by atoms with E-state index in [-0.39, 0.29) is 23.4 Å². The van der Waals surface area contributed by atoms with Gasteiger partial charge in [0, 0.05) is 12.1 Å². The number of rotatable bonds is 10. The van der Waals surface area contributed by atoms with Crippen LogP contribution in [-0.4, -0.2) is 41.5 Å². The molecular formula is C30H39NO5. The molecule has 1 heterocycles. The highest BCUT2D eigenvalue weighted by molar-refractivity contribution is 6.46. The van der Waals surface area contributed by atoms with Crippen LogP contribution in [0, 0.1) is 6.92 Å². The summed E-state index contributed by atoms with van der Waals surface area (Å²) in [6.45, 7) is 12.4. The van der Waals surface area contributed by atoms with Gasteiger partial charge in [0.05, 0.1) is 24.8 Å². The van der Waals surface area contributed by atoms with E-state index in [0.29, 0.717) is 17.9 Å². The molecule has 0 radical (unpaired) electrons. The summed E-state index contributed by atoms with van der Waals surface area (Å²) >= 11 is 0. The third-order valence-corrected chi connectivity index (χ3v) is 6.56. The normalized spacial score (nSPS) is 17.4. The van der Waals surface area contributed by atoms with Crippen molar-refractivity contribution >= 4 is 17.4 Å². The molecule has 6 heteroatoms.